The number of hydrogen-bond acceptors (Lipinski definition) is 6. The second kappa shape index (κ2) is 5.88. The van der Waals surface area contributed by atoms with Crippen LogP contribution in [0.5, 0.6) is 0 Å². The van der Waals surface area contributed by atoms with Crippen LogP contribution in [0.2, 0.25) is 0 Å². The third-order valence-corrected chi connectivity index (χ3v) is 2.70. The second-order valence-electron chi connectivity index (χ2n) is 3.99. The van der Waals surface area contributed by atoms with Gasteiger partial charge >= 0.3 is 0 Å². The van der Waals surface area contributed by atoms with Crippen molar-refractivity contribution in [3.05, 3.63) is 11.7 Å². The van der Waals surface area contributed by atoms with E-state index in [0.717, 1.165) is 6.42 Å². The lowest BCUT2D eigenvalue weighted by Crippen LogP contribution is -2.25. The molecule has 17 heavy (non-hydrogen) atoms. The molecular formula is C11H16N2O4. The average Bonchev–Trinajstić information content (AvgIpc) is 2.79. The Labute approximate surface area is 99.3 Å². The summed E-state index contributed by atoms with van der Waals surface area (Å²) in [5.41, 5.74) is 0. The molecule has 0 saturated carbocycles. The molecular weight excluding hydrogens is 224 g/mol. The van der Waals surface area contributed by atoms with Crippen LogP contribution in [0.3, 0.4) is 0 Å². The molecule has 1 fully saturated rings. The molecule has 1 saturated heterocycles. The number of hydrogen-bond donors (Lipinski definition) is 0. The van der Waals surface area contributed by atoms with Gasteiger partial charge in [0, 0.05) is 26.6 Å². The van der Waals surface area contributed by atoms with Gasteiger partial charge in [0.1, 0.15) is 11.7 Å². The van der Waals surface area contributed by atoms with Crippen molar-refractivity contribution in [3.8, 4) is 0 Å². The zero-order valence-electron chi connectivity index (χ0n) is 9.85. The van der Waals surface area contributed by atoms with Crippen LogP contribution >= 0.6 is 0 Å². The number of aromatic nitrogens is 2. The lowest BCUT2D eigenvalue weighted by molar-refractivity contribution is -0.127. The molecule has 1 atom stereocenters. The van der Waals surface area contributed by atoms with Gasteiger partial charge in [-0.3, -0.25) is 4.79 Å². The van der Waals surface area contributed by atoms with E-state index in [9.17, 15) is 4.79 Å². The summed E-state index contributed by atoms with van der Waals surface area (Å²) in [6.45, 7) is 1.50. The van der Waals surface area contributed by atoms with Crippen molar-refractivity contribution in [1.29, 1.82) is 0 Å². The maximum Gasteiger partial charge on any atom is 0.239 e. The topological polar surface area (TPSA) is 74.5 Å². The zero-order valence-corrected chi connectivity index (χ0v) is 9.85. The minimum Gasteiger partial charge on any atom is -0.385 e. The van der Waals surface area contributed by atoms with Gasteiger partial charge in [-0.25, -0.2) is 0 Å². The Kier molecular flexibility index (Phi) is 4.22. The molecule has 0 amide bonds. The molecule has 1 aromatic rings. The van der Waals surface area contributed by atoms with Gasteiger partial charge < -0.3 is 14.0 Å². The number of aryl methyl sites for hydroxylation is 1. The molecule has 2 heterocycles. The van der Waals surface area contributed by atoms with E-state index < -0.39 is 0 Å². The number of Topliss-reactive ketones (excluding diaryl/α,β-unsaturated/α-hetero) is 1. The smallest absolute Gasteiger partial charge is 0.239 e. The third-order valence-electron chi connectivity index (χ3n) is 2.70. The van der Waals surface area contributed by atoms with E-state index in [1.165, 1.54) is 0 Å². The number of carbonyl (C=O) groups excluding carboxylic acids is 1. The fraction of sp³-hybridized carbons (Fsp3) is 0.727. The molecule has 6 nitrogen and oxygen atoms in total. The predicted octanol–water partition coefficient (Wildman–Crippen LogP) is 0.722. The van der Waals surface area contributed by atoms with Crippen LogP contribution in [0.4, 0.5) is 0 Å². The molecule has 0 bridgehead atoms. The van der Waals surface area contributed by atoms with Gasteiger partial charge in [0.25, 0.3) is 0 Å². The largest absolute Gasteiger partial charge is 0.385 e. The molecule has 6 heteroatoms. The molecule has 0 spiro atoms. The number of ether oxygens (including phenoxy) is 2. The van der Waals surface area contributed by atoms with Crippen LogP contribution in [0.1, 0.15) is 30.5 Å². The minimum atomic E-state index is -0.382. The van der Waals surface area contributed by atoms with Gasteiger partial charge in [-0.2, -0.15) is 4.98 Å². The molecule has 0 radical (unpaired) electrons. The number of ketones is 1. The Bertz CT molecular complexity index is 377. The SMILES string of the molecule is COCCCc1noc(C2COCCC2=O)n1. The fourth-order valence-electron chi connectivity index (χ4n) is 1.74. The van der Waals surface area contributed by atoms with E-state index in [4.69, 9.17) is 14.0 Å². The molecule has 1 aliphatic heterocycles. The summed E-state index contributed by atoms with van der Waals surface area (Å²) >= 11 is 0. The standard InChI is InChI=1S/C11H16N2O4/c1-15-5-2-3-10-12-11(17-13-10)8-7-16-6-4-9(8)14/h8H,2-7H2,1H3. The van der Waals surface area contributed by atoms with Crippen molar-refractivity contribution >= 4 is 5.78 Å². The Morgan fingerprint density at radius 1 is 1.53 bits per heavy atom. The molecule has 2 rings (SSSR count). The molecule has 0 aromatic carbocycles. The summed E-state index contributed by atoms with van der Waals surface area (Å²) in [6, 6.07) is 0. The summed E-state index contributed by atoms with van der Waals surface area (Å²) < 4.78 is 15.3. The fourth-order valence-corrected chi connectivity index (χ4v) is 1.74. The first-order valence-electron chi connectivity index (χ1n) is 5.73. The number of carbonyl (C=O) groups is 1. The van der Waals surface area contributed by atoms with Gasteiger partial charge in [-0.1, -0.05) is 5.16 Å². The van der Waals surface area contributed by atoms with Crippen LogP contribution in [-0.4, -0.2) is 42.9 Å². The summed E-state index contributed by atoms with van der Waals surface area (Å²) in [4.78, 5) is 15.9. The number of methoxy groups -OCH3 is 1. The van der Waals surface area contributed by atoms with E-state index in [1.54, 1.807) is 7.11 Å². The Morgan fingerprint density at radius 2 is 2.41 bits per heavy atom. The minimum absolute atomic E-state index is 0.114. The molecule has 1 aliphatic rings. The maximum absolute atomic E-state index is 11.6. The number of nitrogens with zero attached hydrogens (tertiary/aromatic N) is 2. The van der Waals surface area contributed by atoms with E-state index in [1.807, 2.05) is 0 Å². The van der Waals surface area contributed by atoms with Crippen molar-refractivity contribution < 1.29 is 18.8 Å². The monoisotopic (exact) mass is 240 g/mol. The Hall–Kier alpha value is -1.27. The second-order valence-corrected chi connectivity index (χ2v) is 3.99. The van der Waals surface area contributed by atoms with Crippen molar-refractivity contribution in [1.82, 2.24) is 10.1 Å². The first kappa shape index (κ1) is 12.2. The highest BCUT2D eigenvalue weighted by molar-refractivity contribution is 5.85. The zero-order chi connectivity index (χ0) is 12.1. The summed E-state index contributed by atoms with van der Waals surface area (Å²) in [5.74, 6) is 0.730. The molecule has 0 aliphatic carbocycles. The lowest BCUT2D eigenvalue weighted by Gasteiger charge is -2.16. The summed E-state index contributed by atoms with van der Waals surface area (Å²) in [7, 11) is 1.65. The Balaban J connectivity index is 1.94. The van der Waals surface area contributed by atoms with Gasteiger partial charge in [-0.05, 0) is 6.42 Å². The van der Waals surface area contributed by atoms with Crippen LogP contribution in [0, 0.1) is 0 Å². The molecule has 1 unspecified atom stereocenters. The van der Waals surface area contributed by atoms with E-state index in [-0.39, 0.29) is 11.7 Å². The summed E-state index contributed by atoms with van der Waals surface area (Å²) in [5, 5.41) is 3.85. The van der Waals surface area contributed by atoms with Crippen molar-refractivity contribution in [2.75, 3.05) is 26.9 Å². The van der Waals surface area contributed by atoms with E-state index >= 15 is 0 Å². The van der Waals surface area contributed by atoms with Crippen molar-refractivity contribution in [2.45, 2.75) is 25.2 Å². The van der Waals surface area contributed by atoms with Gasteiger partial charge in [0.15, 0.2) is 5.82 Å². The molecule has 94 valence electrons. The number of rotatable bonds is 5. The van der Waals surface area contributed by atoms with E-state index in [2.05, 4.69) is 10.1 Å². The lowest BCUT2D eigenvalue weighted by atomic mass is 10.0. The quantitative estimate of drug-likeness (QED) is 0.706. The van der Waals surface area contributed by atoms with Crippen molar-refractivity contribution in [3.63, 3.8) is 0 Å². The van der Waals surface area contributed by atoms with Crippen LogP contribution in [0.15, 0.2) is 4.52 Å². The first-order chi connectivity index (χ1) is 8.31. The van der Waals surface area contributed by atoms with Gasteiger partial charge in [0.2, 0.25) is 5.89 Å². The average molecular weight is 240 g/mol. The predicted molar refractivity (Wildman–Crippen MR) is 57.7 cm³/mol. The maximum atomic E-state index is 11.6. The first-order valence-corrected chi connectivity index (χ1v) is 5.73. The molecule has 1 aromatic heterocycles. The van der Waals surface area contributed by atoms with Crippen LogP contribution in [-0.2, 0) is 20.7 Å². The summed E-state index contributed by atoms with van der Waals surface area (Å²) in [6.07, 6.45) is 1.95. The highest BCUT2D eigenvalue weighted by Crippen LogP contribution is 2.20. The van der Waals surface area contributed by atoms with Gasteiger partial charge in [0.05, 0.1) is 13.2 Å². The van der Waals surface area contributed by atoms with Crippen molar-refractivity contribution in [2.24, 2.45) is 0 Å². The van der Waals surface area contributed by atoms with Crippen LogP contribution < -0.4 is 0 Å². The Morgan fingerprint density at radius 3 is 3.18 bits per heavy atom. The highest BCUT2D eigenvalue weighted by Gasteiger charge is 2.29. The molecule has 0 N–H and O–H groups in total. The third kappa shape index (κ3) is 3.10. The van der Waals surface area contributed by atoms with Gasteiger partial charge in [-0.15, -0.1) is 0 Å². The normalized spacial score (nSPS) is 20.8. The van der Waals surface area contributed by atoms with E-state index in [0.29, 0.717) is 44.4 Å². The van der Waals surface area contributed by atoms with Crippen LogP contribution in [0.25, 0.3) is 0 Å². The highest BCUT2D eigenvalue weighted by atomic mass is 16.5.